The van der Waals surface area contributed by atoms with Gasteiger partial charge >= 0.3 is 0 Å². The molecule has 5 heteroatoms. The number of benzene rings is 1. The molecule has 0 N–H and O–H groups in total. The maximum atomic E-state index is 13.1. The summed E-state index contributed by atoms with van der Waals surface area (Å²) >= 11 is 1.48. The van der Waals surface area contributed by atoms with Gasteiger partial charge in [0.1, 0.15) is 10.8 Å². The molecule has 0 aliphatic rings. The maximum absolute atomic E-state index is 13.1. The normalized spacial score (nSPS) is 10.9. The van der Waals surface area contributed by atoms with Crippen molar-refractivity contribution in [2.75, 3.05) is 18.5 Å². The van der Waals surface area contributed by atoms with Crippen LogP contribution in [0.5, 0.6) is 0 Å². The van der Waals surface area contributed by atoms with Crippen LogP contribution in [-0.4, -0.2) is 23.8 Å². The van der Waals surface area contributed by atoms with E-state index in [9.17, 15) is 4.39 Å². The van der Waals surface area contributed by atoms with Gasteiger partial charge in [-0.1, -0.05) is 37.3 Å². The number of nitrogens with zero attached hydrogens (tertiary/aromatic N) is 3. The highest BCUT2D eigenvalue weighted by molar-refractivity contribution is 7.18. The SMILES string of the molecule is CC(C)CN(C)c1nnc(-c2cccc(F)c2)s1. The largest absolute Gasteiger partial charge is 0.349 e. The smallest absolute Gasteiger partial charge is 0.208 e. The Labute approximate surface area is 110 Å². The average Bonchev–Trinajstić information content (AvgIpc) is 2.77. The molecule has 0 amide bonds. The van der Waals surface area contributed by atoms with Crippen molar-refractivity contribution >= 4 is 16.5 Å². The molecule has 0 unspecified atom stereocenters. The molecule has 0 aliphatic heterocycles. The minimum absolute atomic E-state index is 0.250. The van der Waals surface area contributed by atoms with E-state index in [4.69, 9.17) is 0 Å². The quantitative estimate of drug-likeness (QED) is 0.848. The summed E-state index contributed by atoms with van der Waals surface area (Å²) in [7, 11) is 2.00. The Hall–Kier alpha value is -1.49. The summed E-state index contributed by atoms with van der Waals surface area (Å²) in [5.74, 6) is 0.316. The summed E-state index contributed by atoms with van der Waals surface area (Å²) in [6, 6.07) is 6.43. The van der Waals surface area contributed by atoms with Crippen LogP contribution in [0.3, 0.4) is 0 Å². The van der Waals surface area contributed by atoms with Gasteiger partial charge in [0.25, 0.3) is 0 Å². The highest BCUT2D eigenvalue weighted by Crippen LogP contribution is 2.28. The molecule has 2 rings (SSSR count). The molecule has 2 aromatic rings. The summed E-state index contributed by atoms with van der Waals surface area (Å²) in [6.45, 7) is 5.24. The zero-order chi connectivity index (χ0) is 13.1. The van der Waals surface area contributed by atoms with Crippen LogP contribution in [0.1, 0.15) is 13.8 Å². The van der Waals surface area contributed by atoms with Crippen molar-refractivity contribution in [3.63, 3.8) is 0 Å². The van der Waals surface area contributed by atoms with Crippen molar-refractivity contribution in [3.8, 4) is 10.6 Å². The van der Waals surface area contributed by atoms with E-state index < -0.39 is 0 Å². The zero-order valence-electron chi connectivity index (χ0n) is 10.7. The Morgan fingerprint density at radius 1 is 1.33 bits per heavy atom. The lowest BCUT2D eigenvalue weighted by molar-refractivity contribution is 0.628. The van der Waals surface area contributed by atoms with Gasteiger partial charge in [0.2, 0.25) is 5.13 Å². The first kappa shape index (κ1) is 13.0. The summed E-state index contributed by atoms with van der Waals surface area (Å²) in [4.78, 5) is 2.07. The van der Waals surface area contributed by atoms with E-state index in [0.717, 1.165) is 22.2 Å². The van der Waals surface area contributed by atoms with Crippen LogP contribution >= 0.6 is 11.3 Å². The molecule has 0 saturated heterocycles. The molecule has 0 spiro atoms. The lowest BCUT2D eigenvalue weighted by Crippen LogP contribution is -2.22. The van der Waals surface area contributed by atoms with Crippen LogP contribution in [0.25, 0.3) is 10.6 Å². The molecule has 0 aliphatic carbocycles. The fourth-order valence-electron chi connectivity index (χ4n) is 1.73. The number of anilines is 1. The van der Waals surface area contributed by atoms with Crippen molar-refractivity contribution in [1.82, 2.24) is 10.2 Å². The van der Waals surface area contributed by atoms with Gasteiger partial charge in [0.05, 0.1) is 0 Å². The van der Waals surface area contributed by atoms with Crippen molar-refractivity contribution in [1.29, 1.82) is 0 Å². The van der Waals surface area contributed by atoms with Crippen molar-refractivity contribution in [2.24, 2.45) is 5.92 Å². The third-order valence-electron chi connectivity index (χ3n) is 2.45. The Balaban J connectivity index is 2.20. The van der Waals surface area contributed by atoms with E-state index >= 15 is 0 Å². The second-order valence-corrected chi connectivity index (χ2v) is 5.63. The molecule has 0 saturated carbocycles. The van der Waals surface area contributed by atoms with Gasteiger partial charge in [0.15, 0.2) is 0 Å². The summed E-state index contributed by atoms with van der Waals surface area (Å²) in [6.07, 6.45) is 0. The van der Waals surface area contributed by atoms with Gasteiger partial charge in [-0.15, -0.1) is 10.2 Å². The molecule has 0 radical (unpaired) electrons. The first-order valence-corrected chi connectivity index (χ1v) is 6.68. The van der Waals surface area contributed by atoms with Gasteiger partial charge in [-0.3, -0.25) is 0 Å². The fraction of sp³-hybridized carbons (Fsp3) is 0.385. The standard InChI is InChI=1S/C13H16FN3S/c1-9(2)8-17(3)13-16-15-12(18-13)10-5-4-6-11(14)7-10/h4-7,9H,8H2,1-3H3. The third kappa shape index (κ3) is 3.04. The van der Waals surface area contributed by atoms with Gasteiger partial charge < -0.3 is 4.90 Å². The predicted molar refractivity (Wildman–Crippen MR) is 73.4 cm³/mol. The first-order chi connectivity index (χ1) is 8.56. The van der Waals surface area contributed by atoms with Crippen LogP contribution < -0.4 is 4.90 Å². The van der Waals surface area contributed by atoms with Crippen molar-refractivity contribution in [2.45, 2.75) is 13.8 Å². The van der Waals surface area contributed by atoms with E-state index in [-0.39, 0.29) is 5.82 Å². The number of hydrogen-bond donors (Lipinski definition) is 0. The summed E-state index contributed by atoms with van der Waals surface area (Å²) < 4.78 is 13.1. The predicted octanol–water partition coefficient (Wildman–Crippen LogP) is 3.44. The maximum Gasteiger partial charge on any atom is 0.208 e. The Morgan fingerprint density at radius 2 is 2.11 bits per heavy atom. The highest BCUT2D eigenvalue weighted by Gasteiger charge is 2.11. The molecule has 0 atom stereocenters. The van der Waals surface area contributed by atoms with Crippen LogP contribution in [0.15, 0.2) is 24.3 Å². The summed E-state index contributed by atoms with van der Waals surface area (Å²) in [5.41, 5.74) is 0.775. The van der Waals surface area contributed by atoms with Crippen molar-refractivity contribution < 1.29 is 4.39 Å². The highest BCUT2D eigenvalue weighted by atomic mass is 32.1. The number of rotatable bonds is 4. The van der Waals surface area contributed by atoms with Crippen LogP contribution in [-0.2, 0) is 0 Å². The van der Waals surface area contributed by atoms with E-state index in [2.05, 4.69) is 28.9 Å². The molecule has 1 aromatic heterocycles. The second kappa shape index (κ2) is 5.44. The molecule has 1 aromatic carbocycles. The van der Waals surface area contributed by atoms with Crippen LogP contribution in [0.4, 0.5) is 9.52 Å². The lowest BCUT2D eigenvalue weighted by atomic mass is 10.2. The van der Waals surface area contributed by atoms with E-state index in [1.54, 1.807) is 6.07 Å². The zero-order valence-corrected chi connectivity index (χ0v) is 11.5. The van der Waals surface area contributed by atoms with Gasteiger partial charge in [-0.2, -0.15) is 0 Å². The van der Waals surface area contributed by atoms with Crippen LogP contribution in [0.2, 0.25) is 0 Å². The molecule has 0 fully saturated rings. The third-order valence-corrected chi connectivity index (χ3v) is 3.54. The molecule has 3 nitrogen and oxygen atoms in total. The fourth-order valence-corrected chi connectivity index (χ4v) is 2.55. The first-order valence-electron chi connectivity index (χ1n) is 5.87. The molecule has 0 bridgehead atoms. The number of aromatic nitrogens is 2. The van der Waals surface area contributed by atoms with Gasteiger partial charge in [0, 0.05) is 19.2 Å². The summed E-state index contributed by atoms with van der Waals surface area (Å²) in [5, 5.41) is 9.88. The minimum atomic E-state index is -0.250. The minimum Gasteiger partial charge on any atom is -0.349 e. The van der Waals surface area contributed by atoms with Crippen LogP contribution in [0, 0.1) is 11.7 Å². The average molecular weight is 265 g/mol. The second-order valence-electron chi connectivity index (χ2n) is 4.67. The molecular weight excluding hydrogens is 249 g/mol. The molecular formula is C13H16FN3S. The lowest BCUT2D eigenvalue weighted by Gasteiger charge is -2.16. The molecule has 1 heterocycles. The van der Waals surface area contributed by atoms with Crippen molar-refractivity contribution in [3.05, 3.63) is 30.1 Å². The molecule has 96 valence electrons. The number of hydrogen-bond acceptors (Lipinski definition) is 4. The van der Waals surface area contributed by atoms with Gasteiger partial charge in [-0.05, 0) is 18.1 Å². The monoisotopic (exact) mass is 265 g/mol. The number of halogens is 1. The van der Waals surface area contributed by atoms with Gasteiger partial charge in [-0.25, -0.2) is 4.39 Å². The Kier molecular flexibility index (Phi) is 3.91. The Bertz CT molecular complexity index is 524. The molecule has 18 heavy (non-hydrogen) atoms. The van der Waals surface area contributed by atoms with E-state index in [1.165, 1.54) is 23.5 Å². The Morgan fingerprint density at radius 3 is 2.78 bits per heavy atom. The van der Waals surface area contributed by atoms with E-state index in [0.29, 0.717) is 5.92 Å². The van der Waals surface area contributed by atoms with E-state index in [1.807, 2.05) is 13.1 Å². The topological polar surface area (TPSA) is 29.0 Å².